The summed E-state index contributed by atoms with van der Waals surface area (Å²) >= 11 is 0. The molecular weight excluding hydrogens is 284 g/mol. The van der Waals surface area contributed by atoms with Gasteiger partial charge in [-0.2, -0.15) is 0 Å². The van der Waals surface area contributed by atoms with E-state index in [1.54, 1.807) is 0 Å². The summed E-state index contributed by atoms with van der Waals surface area (Å²) in [7, 11) is 2.00. The van der Waals surface area contributed by atoms with E-state index in [0.29, 0.717) is 12.3 Å². The number of carbonyl (C=O) groups excluding carboxylic acids is 1. The second-order valence-electron chi connectivity index (χ2n) is 6.56. The van der Waals surface area contributed by atoms with E-state index in [1.165, 1.54) is 16.3 Å². The first kappa shape index (κ1) is 16.0. The highest BCUT2D eigenvalue weighted by atomic mass is 16.2. The van der Waals surface area contributed by atoms with Gasteiger partial charge in [0.2, 0.25) is 5.91 Å². The van der Waals surface area contributed by atoms with Crippen LogP contribution in [0.15, 0.2) is 42.5 Å². The number of benzene rings is 2. The number of nitrogens with zero attached hydrogens (tertiary/aromatic N) is 1. The standard InChI is InChI=1S/C20H26N2O/c1-21-15-17-10-12-22(13-11-17)20(23)9-7-16-6-8-18-4-2-3-5-19(18)14-16/h2-6,8,14,17,21H,7,9-13,15H2,1H3. The van der Waals surface area contributed by atoms with Crippen LogP contribution in [0.4, 0.5) is 0 Å². The van der Waals surface area contributed by atoms with Crippen molar-refractivity contribution < 1.29 is 4.79 Å². The summed E-state index contributed by atoms with van der Waals surface area (Å²) in [4.78, 5) is 14.5. The van der Waals surface area contributed by atoms with Crippen LogP contribution in [0.5, 0.6) is 0 Å². The van der Waals surface area contributed by atoms with Gasteiger partial charge >= 0.3 is 0 Å². The largest absolute Gasteiger partial charge is 0.343 e. The van der Waals surface area contributed by atoms with Crippen LogP contribution in [-0.4, -0.2) is 37.5 Å². The number of hydrogen-bond acceptors (Lipinski definition) is 2. The molecule has 1 heterocycles. The number of nitrogens with one attached hydrogen (secondary N) is 1. The van der Waals surface area contributed by atoms with E-state index in [9.17, 15) is 4.79 Å². The molecule has 1 fully saturated rings. The Labute approximate surface area is 138 Å². The Bertz CT molecular complexity index is 659. The molecule has 0 radical (unpaired) electrons. The molecule has 0 aromatic heterocycles. The summed E-state index contributed by atoms with van der Waals surface area (Å²) in [5, 5.41) is 5.75. The molecule has 1 amide bonds. The zero-order valence-corrected chi connectivity index (χ0v) is 13.9. The molecule has 0 unspecified atom stereocenters. The van der Waals surface area contributed by atoms with E-state index in [2.05, 4.69) is 47.8 Å². The molecule has 0 spiro atoms. The average Bonchev–Trinajstić information content (AvgIpc) is 2.60. The van der Waals surface area contributed by atoms with Crippen LogP contribution in [-0.2, 0) is 11.2 Å². The van der Waals surface area contributed by atoms with Crippen molar-refractivity contribution in [3.8, 4) is 0 Å². The van der Waals surface area contributed by atoms with Crippen LogP contribution in [0.2, 0.25) is 0 Å². The molecule has 2 aromatic carbocycles. The van der Waals surface area contributed by atoms with Crippen molar-refractivity contribution in [3.63, 3.8) is 0 Å². The number of carbonyl (C=O) groups is 1. The van der Waals surface area contributed by atoms with Gasteiger partial charge in [-0.3, -0.25) is 4.79 Å². The highest BCUT2D eigenvalue weighted by Gasteiger charge is 2.21. The minimum atomic E-state index is 0.307. The molecule has 1 aliphatic heterocycles. The average molecular weight is 310 g/mol. The van der Waals surface area contributed by atoms with Gasteiger partial charge in [-0.25, -0.2) is 0 Å². The summed E-state index contributed by atoms with van der Waals surface area (Å²) in [6.45, 7) is 2.91. The first-order chi connectivity index (χ1) is 11.3. The number of likely N-dealkylation sites (tertiary alicyclic amines) is 1. The minimum Gasteiger partial charge on any atom is -0.343 e. The monoisotopic (exact) mass is 310 g/mol. The lowest BCUT2D eigenvalue weighted by molar-refractivity contribution is -0.132. The molecule has 1 aliphatic rings. The molecule has 0 saturated carbocycles. The number of rotatable bonds is 5. The normalized spacial score (nSPS) is 16.0. The fourth-order valence-electron chi connectivity index (χ4n) is 3.48. The summed E-state index contributed by atoms with van der Waals surface area (Å²) in [6.07, 6.45) is 3.71. The number of aryl methyl sites for hydroxylation is 1. The van der Waals surface area contributed by atoms with E-state index < -0.39 is 0 Å². The van der Waals surface area contributed by atoms with Crippen molar-refractivity contribution >= 4 is 16.7 Å². The number of fused-ring (bicyclic) bond motifs is 1. The third kappa shape index (κ3) is 4.11. The van der Waals surface area contributed by atoms with Crippen molar-refractivity contribution in [2.45, 2.75) is 25.7 Å². The molecule has 3 rings (SSSR count). The Morgan fingerprint density at radius 2 is 1.87 bits per heavy atom. The lowest BCUT2D eigenvalue weighted by Crippen LogP contribution is -2.40. The minimum absolute atomic E-state index is 0.307. The Hall–Kier alpha value is -1.87. The van der Waals surface area contributed by atoms with Gasteiger partial charge in [0, 0.05) is 19.5 Å². The summed E-state index contributed by atoms with van der Waals surface area (Å²) < 4.78 is 0. The molecule has 0 bridgehead atoms. The maximum Gasteiger partial charge on any atom is 0.222 e. The molecule has 3 heteroatoms. The number of piperidine rings is 1. The van der Waals surface area contributed by atoms with Gasteiger partial charge < -0.3 is 10.2 Å². The van der Waals surface area contributed by atoms with E-state index >= 15 is 0 Å². The molecule has 122 valence electrons. The van der Waals surface area contributed by atoms with E-state index in [1.807, 2.05) is 11.9 Å². The zero-order chi connectivity index (χ0) is 16.1. The topological polar surface area (TPSA) is 32.3 Å². The third-order valence-corrected chi connectivity index (χ3v) is 4.90. The van der Waals surface area contributed by atoms with Crippen molar-refractivity contribution in [3.05, 3.63) is 48.0 Å². The van der Waals surface area contributed by atoms with Gasteiger partial charge in [-0.15, -0.1) is 0 Å². The van der Waals surface area contributed by atoms with Gasteiger partial charge in [0.1, 0.15) is 0 Å². The van der Waals surface area contributed by atoms with Crippen molar-refractivity contribution in [1.82, 2.24) is 10.2 Å². The first-order valence-electron chi connectivity index (χ1n) is 8.66. The zero-order valence-electron chi connectivity index (χ0n) is 13.9. The van der Waals surface area contributed by atoms with Gasteiger partial charge in [0.25, 0.3) is 0 Å². The SMILES string of the molecule is CNCC1CCN(C(=O)CCc2ccc3ccccc3c2)CC1. The second kappa shape index (κ2) is 7.60. The van der Waals surface area contributed by atoms with Gasteiger partial charge in [-0.1, -0.05) is 42.5 Å². The van der Waals surface area contributed by atoms with E-state index in [-0.39, 0.29) is 0 Å². The lowest BCUT2D eigenvalue weighted by atomic mass is 9.96. The first-order valence-corrected chi connectivity index (χ1v) is 8.66. The Morgan fingerprint density at radius 3 is 2.61 bits per heavy atom. The van der Waals surface area contributed by atoms with E-state index in [4.69, 9.17) is 0 Å². The van der Waals surface area contributed by atoms with Crippen LogP contribution in [0, 0.1) is 5.92 Å². The van der Waals surface area contributed by atoms with Crippen LogP contribution in [0.1, 0.15) is 24.8 Å². The van der Waals surface area contributed by atoms with Crippen molar-refractivity contribution in [2.24, 2.45) is 5.92 Å². The van der Waals surface area contributed by atoms with Crippen LogP contribution < -0.4 is 5.32 Å². The molecule has 23 heavy (non-hydrogen) atoms. The molecule has 0 atom stereocenters. The molecule has 2 aromatic rings. The molecular formula is C20H26N2O. The highest BCUT2D eigenvalue weighted by molar-refractivity contribution is 5.83. The lowest BCUT2D eigenvalue weighted by Gasteiger charge is -2.32. The molecule has 1 saturated heterocycles. The Morgan fingerprint density at radius 1 is 1.13 bits per heavy atom. The predicted molar refractivity (Wildman–Crippen MR) is 95.5 cm³/mol. The Balaban J connectivity index is 1.52. The maximum atomic E-state index is 12.4. The van der Waals surface area contributed by atoms with Crippen LogP contribution in [0.25, 0.3) is 10.8 Å². The van der Waals surface area contributed by atoms with Crippen LogP contribution >= 0.6 is 0 Å². The molecule has 1 N–H and O–H groups in total. The van der Waals surface area contributed by atoms with Gasteiger partial charge in [-0.05, 0) is 55.1 Å². The maximum absolute atomic E-state index is 12.4. The fraction of sp³-hybridized carbons (Fsp3) is 0.450. The Kier molecular flexibility index (Phi) is 5.29. The predicted octanol–water partition coefficient (Wildman–Crippen LogP) is 3.23. The smallest absolute Gasteiger partial charge is 0.222 e. The number of amides is 1. The molecule has 3 nitrogen and oxygen atoms in total. The van der Waals surface area contributed by atoms with Gasteiger partial charge in [0.05, 0.1) is 0 Å². The number of hydrogen-bond donors (Lipinski definition) is 1. The summed E-state index contributed by atoms with van der Waals surface area (Å²) in [6, 6.07) is 14.9. The van der Waals surface area contributed by atoms with Crippen molar-refractivity contribution in [1.29, 1.82) is 0 Å². The van der Waals surface area contributed by atoms with Crippen molar-refractivity contribution in [2.75, 3.05) is 26.7 Å². The van der Waals surface area contributed by atoms with Gasteiger partial charge in [0.15, 0.2) is 0 Å². The highest BCUT2D eigenvalue weighted by Crippen LogP contribution is 2.19. The molecule has 0 aliphatic carbocycles. The van der Waals surface area contributed by atoms with Crippen LogP contribution in [0.3, 0.4) is 0 Å². The third-order valence-electron chi connectivity index (χ3n) is 4.90. The van der Waals surface area contributed by atoms with E-state index in [0.717, 1.165) is 44.8 Å². The summed E-state index contributed by atoms with van der Waals surface area (Å²) in [5.74, 6) is 1.03. The quantitative estimate of drug-likeness (QED) is 0.919. The second-order valence-corrected chi connectivity index (χ2v) is 6.56. The summed E-state index contributed by atoms with van der Waals surface area (Å²) in [5.41, 5.74) is 1.25. The fourth-order valence-corrected chi connectivity index (χ4v) is 3.48.